The number of ether oxygens (including phenoxy) is 1. The molecule has 1 saturated carbocycles. The molecule has 0 radical (unpaired) electrons. The molecule has 2 aromatic heterocycles. The van der Waals surface area contributed by atoms with Gasteiger partial charge in [0.15, 0.2) is 11.4 Å². The van der Waals surface area contributed by atoms with Gasteiger partial charge in [-0.3, -0.25) is 18.9 Å². The van der Waals surface area contributed by atoms with Crippen molar-refractivity contribution in [3.8, 4) is 17.0 Å². The average molecular weight is 547 g/mol. The van der Waals surface area contributed by atoms with Gasteiger partial charge in [-0.25, -0.2) is 14.2 Å². The average Bonchev–Trinajstić information content (AvgIpc) is 3.63. The van der Waals surface area contributed by atoms with Crippen molar-refractivity contribution in [2.45, 2.75) is 25.8 Å². The molecule has 5 rings (SSSR count). The largest absolute Gasteiger partial charge is 0.507 e. The van der Waals surface area contributed by atoms with Crippen LogP contribution in [0.25, 0.3) is 16.9 Å². The normalized spacial score (nSPS) is 12.9. The number of aromatic hydroxyl groups is 1. The highest BCUT2D eigenvalue weighted by atomic mass is 19.1. The predicted octanol–water partition coefficient (Wildman–Crippen LogP) is 4.41. The number of carboxylic acid groups (broad SMARTS) is 1. The minimum Gasteiger partial charge on any atom is -0.507 e. The fourth-order valence-corrected chi connectivity index (χ4v) is 4.52. The Balaban J connectivity index is 1.65. The number of fused-ring (bicyclic) bond motifs is 1. The lowest BCUT2D eigenvalue weighted by molar-refractivity contribution is 0.0949. The summed E-state index contributed by atoms with van der Waals surface area (Å²) in [5.41, 5.74) is 2.57. The molecule has 2 heterocycles. The van der Waals surface area contributed by atoms with Crippen molar-refractivity contribution in [3.05, 3.63) is 82.9 Å². The highest BCUT2D eigenvalue weighted by Gasteiger charge is 2.26. The first-order valence-electron chi connectivity index (χ1n) is 12.6. The zero-order chi connectivity index (χ0) is 28.6. The number of benzene rings is 2. The van der Waals surface area contributed by atoms with Gasteiger partial charge in [-0.15, -0.1) is 0 Å². The molecular weight excluding hydrogens is 519 g/mol. The van der Waals surface area contributed by atoms with Gasteiger partial charge in [-0.05, 0) is 61.7 Å². The van der Waals surface area contributed by atoms with E-state index in [4.69, 9.17) is 4.74 Å². The molecule has 4 aromatic rings. The molecule has 40 heavy (non-hydrogen) atoms. The van der Waals surface area contributed by atoms with Gasteiger partial charge in [0.2, 0.25) is 0 Å². The van der Waals surface area contributed by atoms with Gasteiger partial charge in [0.05, 0.1) is 36.3 Å². The van der Waals surface area contributed by atoms with E-state index in [0.717, 1.165) is 41.5 Å². The van der Waals surface area contributed by atoms with E-state index in [1.165, 1.54) is 19.4 Å². The molecule has 0 aliphatic heterocycles. The third-order valence-corrected chi connectivity index (χ3v) is 6.77. The summed E-state index contributed by atoms with van der Waals surface area (Å²) in [6.45, 7) is 1.85. The number of carbonyl (C=O) groups is 3. The predicted molar refractivity (Wildman–Crippen MR) is 145 cm³/mol. The van der Waals surface area contributed by atoms with E-state index in [-0.39, 0.29) is 47.6 Å². The summed E-state index contributed by atoms with van der Waals surface area (Å²) in [5.74, 6) is -1.98. The van der Waals surface area contributed by atoms with Crippen molar-refractivity contribution in [1.29, 1.82) is 0 Å². The lowest BCUT2D eigenvalue weighted by Gasteiger charge is -2.21. The molecule has 0 atom stereocenters. The van der Waals surface area contributed by atoms with E-state index in [1.807, 2.05) is 13.0 Å². The van der Waals surface area contributed by atoms with Crippen LogP contribution in [-0.2, 0) is 4.74 Å². The van der Waals surface area contributed by atoms with Crippen molar-refractivity contribution in [1.82, 2.24) is 14.7 Å². The minimum absolute atomic E-state index is 0.00321. The van der Waals surface area contributed by atoms with E-state index in [1.54, 1.807) is 22.7 Å². The Kier molecular flexibility index (Phi) is 7.22. The van der Waals surface area contributed by atoms with Crippen LogP contribution in [0.1, 0.15) is 44.7 Å². The van der Waals surface area contributed by atoms with E-state index in [2.05, 4.69) is 10.3 Å². The van der Waals surface area contributed by atoms with Crippen LogP contribution in [0, 0.1) is 12.7 Å². The second-order valence-corrected chi connectivity index (χ2v) is 9.65. The maximum Gasteiger partial charge on any atom is 0.412 e. The highest BCUT2D eigenvalue weighted by Crippen LogP contribution is 2.32. The maximum absolute atomic E-state index is 14.0. The van der Waals surface area contributed by atoms with Crippen LogP contribution < -0.4 is 10.2 Å². The fourth-order valence-electron chi connectivity index (χ4n) is 4.52. The number of pyridine rings is 1. The van der Waals surface area contributed by atoms with Gasteiger partial charge in [-0.1, -0.05) is 6.07 Å². The van der Waals surface area contributed by atoms with Crippen LogP contribution in [0.2, 0.25) is 0 Å². The number of aryl methyl sites for hydroxylation is 1. The van der Waals surface area contributed by atoms with Crippen LogP contribution in [0.5, 0.6) is 5.75 Å². The first kappa shape index (κ1) is 26.8. The van der Waals surface area contributed by atoms with Crippen LogP contribution in [0.15, 0.2) is 54.9 Å². The van der Waals surface area contributed by atoms with E-state index in [9.17, 15) is 29.0 Å². The van der Waals surface area contributed by atoms with Gasteiger partial charge < -0.3 is 20.3 Å². The fraction of sp³-hybridized carbons (Fsp3) is 0.241. The molecule has 11 heteroatoms. The summed E-state index contributed by atoms with van der Waals surface area (Å²) < 4.78 is 20.6. The molecule has 1 aliphatic rings. The van der Waals surface area contributed by atoms with Crippen LogP contribution in [-0.4, -0.2) is 63.7 Å². The number of ketones is 1. The number of hydrogen-bond donors (Lipinski definition) is 3. The molecule has 0 unspecified atom stereocenters. The standard InChI is InChI=1S/C29H27FN4O6/c1-16-11-17(3-7-21(16)28(37)32-20-5-6-20)24-14-31-27-23(33(29(38)39)9-10-40-2)12-18(15-34(24)27)26(36)22-13-19(30)4-8-25(22)35/h3-4,7-8,11-15,20,35H,5-6,9-10H2,1-2H3,(H,32,37)(H,38,39). The van der Waals surface area contributed by atoms with E-state index < -0.39 is 23.4 Å². The van der Waals surface area contributed by atoms with Gasteiger partial charge >= 0.3 is 6.09 Å². The van der Waals surface area contributed by atoms with Gasteiger partial charge in [0, 0.05) is 36.0 Å². The number of halogens is 1. The van der Waals surface area contributed by atoms with Crippen LogP contribution in [0.3, 0.4) is 0 Å². The molecule has 0 bridgehead atoms. The molecule has 10 nitrogen and oxygen atoms in total. The van der Waals surface area contributed by atoms with Gasteiger partial charge in [0.25, 0.3) is 5.91 Å². The molecule has 206 valence electrons. The first-order chi connectivity index (χ1) is 19.2. The Labute approximate surface area is 228 Å². The number of hydrogen-bond acceptors (Lipinski definition) is 6. The molecule has 1 fully saturated rings. The number of methoxy groups -OCH3 is 1. The third kappa shape index (κ3) is 5.23. The minimum atomic E-state index is -1.29. The van der Waals surface area contributed by atoms with Crippen molar-refractivity contribution in [2.75, 3.05) is 25.2 Å². The third-order valence-electron chi connectivity index (χ3n) is 6.77. The van der Waals surface area contributed by atoms with Crippen molar-refractivity contribution in [3.63, 3.8) is 0 Å². The molecule has 0 spiro atoms. The van der Waals surface area contributed by atoms with Crippen molar-refractivity contribution >= 4 is 29.1 Å². The number of aromatic nitrogens is 2. The zero-order valence-electron chi connectivity index (χ0n) is 21.8. The Morgan fingerprint density at radius 1 is 1.15 bits per heavy atom. The van der Waals surface area contributed by atoms with E-state index in [0.29, 0.717) is 16.8 Å². The second-order valence-electron chi connectivity index (χ2n) is 9.65. The highest BCUT2D eigenvalue weighted by molar-refractivity contribution is 6.12. The summed E-state index contributed by atoms with van der Waals surface area (Å²) >= 11 is 0. The lowest BCUT2D eigenvalue weighted by atomic mass is 10.0. The number of phenolic OH excluding ortho intramolecular Hbond substituents is 1. The smallest absolute Gasteiger partial charge is 0.412 e. The molecule has 2 aromatic carbocycles. The number of nitrogens with one attached hydrogen (secondary N) is 1. The Hall–Kier alpha value is -4.77. The van der Waals surface area contributed by atoms with E-state index >= 15 is 0 Å². The Morgan fingerprint density at radius 2 is 1.93 bits per heavy atom. The lowest BCUT2D eigenvalue weighted by Crippen LogP contribution is -2.33. The Morgan fingerprint density at radius 3 is 2.60 bits per heavy atom. The van der Waals surface area contributed by atoms with Crippen LogP contribution in [0.4, 0.5) is 14.9 Å². The molecule has 1 aliphatic carbocycles. The SMILES string of the molecule is COCCN(C(=O)O)c1cc(C(=O)c2cc(F)ccc2O)cn2c(-c3ccc(C(=O)NC4CC4)c(C)c3)cnc12. The van der Waals surface area contributed by atoms with Crippen LogP contribution >= 0.6 is 0 Å². The summed E-state index contributed by atoms with van der Waals surface area (Å²) in [6, 6.07) is 9.88. The number of nitrogens with zero attached hydrogens (tertiary/aromatic N) is 3. The second kappa shape index (κ2) is 10.8. The van der Waals surface area contributed by atoms with Crippen molar-refractivity contribution in [2.24, 2.45) is 0 Å². The summed E-state index contributed by atoms with van der Waals surface area (Å²) in [5, 5.41) is 23.2. The van der Waals surface area contributed by atoms with Gasteiger partial charge in [0.1, 0.15) is 11.6 Å². The first-order valence-corrected chi connectivity index (χ1v) is 12.6. The summed E-state index contributed by atoms with van der Waals surface area (Å²) in [6.07, 6.45) is 3.66. The number of carbonyl (C=O) groups excluding carboxylic acids is 2. The number of phenols is 1. The summed E-state index contributed by atoms with van der Waals surface area (Å²) in [4.78, 5) is 43.8. The zero-order valence-corrected chi connectivity index (χ0v) is 21.8. The quantitative estimate of drug-likeness (QED) is 0.265. The Bertz CT molecular complexity index is 1650. The topological polar surface area (TPSA) is 133 Å². The number of amides is 2. The molecule has 3 N–H and O–H groups in total. The number of rotatable bonds is 9. The summed E-state index contributed by atoms with van der Waals surface area (Å²) in [7, 11) is 1.44. The molecular formula is C29H27FN4O6. The van der Waals surface area contributed by atoms with Crippen molar-refractivity contribution < 1.29 is 33.7 Å². The van der Waals surface area contributed by atoms with Gasteiger partial charge in [-0.2, -0.15) is 0 Å². The molecule has 0 saturated heterocycles. The monoisotopic (exact) mass is 546 g/mol. The molecule has 2 amide bonds. The maximum atomic E-state index is 14.0. The number of imidazole rings is 1. The number of anilines is 1.